The molecule has 0 amide bonds. The van der Waals surface area contributed by atoms with Crippen LogP contribution < -0.4 is 10.3 Å². The molecule has 4 heterocycles. The number of rotatable bonds is 4. The van der Waals surface area contributed by atoms with E-state index in [1.165, 1.54) is 11.7 Å². The first-order chi connectivity index (χ1) is 15.4. The molecule has 0 fully saturated rings. The summed E-state index contributed by atoms with van der Waals surface area (Å²) in [5, 5.41) is 11.9. The minimum absolute atomic E-state index is 0.0905. The Morgan fingerprint density at radius 2 is 2.00 bits per heavy atom. The van der Waals surface area contributed by atoms with E-state index in [1.807, 2.05) is 25.1 Å². The minimum atomic E-state index is -1.87. The molecular formula is C24H24N2O6. The van der Waals surface area contributed by atoms with E-state index in [9.17, 15) is 14.7 Å². The van der Waals surface area contributed by atoms with Crippen molar-refractivity contribution in [1.82, 2.24) is 9.55 Å². The second-order valence-corrected chi connectivity index (χ2v) is 8.11. The van der Waals surface area contributed by atoms with Crippen molar-refractivity contribution in [2.45, 2.75) is 45.1 Å². The van der Waals surface area contributed by atoms with E-state index in [1.54, 1.807) is 20.1 Å². The minimum Gasteiger partial charge on any atom is -0.497 e. The molecule has 0 radical (unpaired) electrons. The molecule has 32 heavy (non-hydrogen) atoms. The molecule has 0 aliphatic carbocycles. The molecule has 2 aromatic heterocycles. The van der Waals surface area contributed by atoms with Crippen molar-refractivity contribution < 1.29 is 24.1 Å². The van der Waals surface area contributed by atoms with Gasteiger partial charge in [-0.25, -0.2) is 9.78 Å². The second kappa shape index (κ2) is 7.15. The van der Waals surface area contributed by atoms with Crippen molar-refractivity contribution in [2.24, 2.45) is 0 Å². The molecule has 0 saturated carbocycles. The van der Waals surface area contributed by atoms with Crippen molar-refractivity contribution in [2.75, 3.05) is 14.2 Å². The molecule has 0 bridgehead atoms. The van der Waals surface area contributed by atoms with Crippen molar-refractivity contribution in [3.05, 3.63) is 56.9 Å². The Morgan fingerprint density at radius 1 is 1.22 bits per heavy atom. The number of aliphatic hydroxyl groups is 1. The van der Waals surface area contributed by atoms with E-state index in [2.05, 4.69) is 0 Å². The summed E-state index contributed by atoms with van der Waals surface area (Å²) >= 11 is 0. The first-order valence-electron chi connectivity index (χ1n) is 10.6. The second-order valence-electron chi connectivity index (χ2n) is 8.11. The highest BCUT2D eigenvalue weighted by atomic mass is 16.6. The SMILES string of the molecule is CCc1cc(OC)cc2cc3c(nc12)-c1cc2c(c(=O)n1C3OC)COC(=O)[C@]2(O)CC. The van der Waals surface area contributed by atoms with Gasteiger partial charge in [0.25, 0.3) is 5.56 Å². The van der Waals surface area contributed by atoms with E-state index >= 15 is 0 Å². The summed E-state index contributed by atoms with van der Waals surface area (Å²) in [4.78, 5) is 30.8. The highest BCUT2D eigenvalue weighted by Crippen LogP contribution is 2.43. The lowest BCUT2D eigenvalue weighted by Crippen LogP contribution is -2.44. The average Bonchev–Trinajstić information content (AvgIpc) is 3.12. The normalized spacial score (nSPS) is 21.2. The van der Waals surface area contributed by atoms with Crippen LogP contribution >= 0.6 is 0 Å². The van der Waals surface area contributed by atoms with E-state index in [0.29, 0.717) is 11.4 Å². The van der Waals surface area contributed by atoms with E-state index in [4.69, 9.17) is 19.2 Å². The smallest absolute Gasteiger partial charge is 0.343 e. The van der Waals surface area contributed by atoms with Gasteiger partial charge >= 0.3 is 5.97 Å². The number of benzene rings is 1. The van der Waals surface area contributed by atoms with Crippen LogP contribution in [0.2, 0.25) is 0 Å². The quantitative estimate of drug-likeness (QED) is 0.628. The number of carbonyl (C=O) groups excluding carboxylic acids is 1. The van der Waals surface area contributed by atoms with Crippen LogP contribution in [-0.2, 0) is 32.9 Å². The summed E-state index contributed by atoms with van der Waals surface area (Å²) < 4.78 is 17.8. The Labute approximate surface area is 184 Å². The summed E-state index contributed by atoms with van der Waals surface area (Å²) in [6.45, 7) is 3.54. The van der Waals surface area contributed by atoms with E-state index in [-0.39, 0.29) is 29.7 Å². The summed E-state index contributed by atoms with van der Waals surface area (Å²) in [6.07, 6.45) is 0.164. The number of carbonyl (C=O) groups is 1. The Kier molecular flexibility index (Phi) is 4.61. The van der Waals surface area contributed by atoms with Crippen LogP contribution in [0.4, 0.5) is 0 Å². The van der Waals surface area contributed by atoms with Gasteiger partial charge in [-0.3, -0.25) is 9.36 Å². The van der Waals surface area contributed by atoms with Gasteiger partial charge in [0.15, 0.2) is 11.8 Å². The van der Waals surface area contributed by atoms with Gasteiger partial charge in [-0.1, -0.05) is 13.8 Å². The molecule has 2 atom stereocenters. The lowest BCUT2D eigenvalue weighted by Gasteiger charge is -2.32. The molecule has 5 rings (SSSR count). The Hall–Kier alpha value is -3.23. The zero-order valence-corrected chi connectivity index (χ0v) is 18.4. The van der Waals surface area contributed by atoms with Gasteiger partial charge in [-0.05, 0) is 42.7 Å². The first kappa shape index (κ1) is 20.7. The van der Waals surface area contributed by atoms with Gasteiger partial charge in [-0.15, -0.1) is 0 Å². The molecule has 1 aromatic carbocycles. The molecule has 0 saturated heterocycles. The van der Waals surface area contributed by atoms with Crippen molar-refractivity contribution >= 4 is 16.9 Å². The number of pyridine rings is 2. The number of fused-ring (bicyclic) bond motifs is 5. The van der Waals surface area contributed by atoms with E-state index < -0.39 is 17.8 Å². The lowest BCUT2D eigenvalue weighted by atomic mass is 9.86. The van der Waals surface area contributed by atoms with Gasteiger partial charge in [-0.2, -0.15) is 0 Å². The zero-order valence-electron chi connectivity index (χ0n) is 18.4. The molecular weight excluding hydrogens is 412 g/mol. The van der Waals surface area contributed by atoms with Gasteiger partial charge < -0.3 is 19.3 Å². The van der Waals surface area contributed by atoms with Crippen LogP contribution in [-0.4, -0.2) is 34.8 Å². The summed E-state index contributed by atoms with van der Waals surface area (Å²) in [5.74, 6) is -0.0120. The van der Waals surface area contributed by atoms with Crippen LogP contribution in [0.25, 0.3) is 22.3 Å². The van der Waals surface area contributed by atoms with Gasteiger partial charge in [0.05, 0.1) is 29.6 Å². The number of ether oxygens (including phenoxy) is 3. The van der Waals surface area contributed by atoms with Crippen molar-refractivity contribution in [3.8, 4) is 17.1 Å². The number of methoxy groups -OCH3 is 2. The molecule has 1 N–H and O–H groups in total. The molecule has 8 heteroatoms. The molecule has 166 valence electrons. The molecule has 3 aromatic rings. The maximum atomic E-state index is 13.5. The predicted octanol–water partition coefficient (Wildman–Crippen LogP) is 2.80. The molecule has 2 aliphatic heterocycles. The third-order valence-electron chi connectivity index (χ3n) is 6.57. The topological polar surface area (TPSA) is 99.9 Å². The third kappa shape index (κ3) is 2.59. The van der Waals surface area contributed by atoms with Crippen LogP contribution in [0.5, 0.6) is 5.75 Å². The maximum absolute atomic E-state index is 13.5. The number of hydrogen-bond donors (Lipinski definition) is 1. The Morgan fingerprint density at radius 3 is 2.66 bits per heavy atom. The largest absolute Gasteiger partial charge is 0.497 e. The number of aryl methyl sites for hydroxylation is 1. The van der Waals surface area contributed by atoms with Crippen molar-refractivity contribution in [1.29, 1.82) is 0 Å². The number of nitrogens with zero attached hydrogens (tertiary/aromatic N) is 2. The number of esters is 1. The molecule has 2 aliphatic rings. The third-order valence-corrected chi connectivity index (χ3v) is 6.57. The van der Waals surface area contributed by atoms with Gasteiger partial charge in [0, 0.05) is 23.6 Å². The first-order valence-corrected chi connectivity index (χ1v) is 10.6. The molecule has 0 spiro atoms. The zero-order chi connectivity index (χ0) is 22.8. The summed E-state index contributed by atoms with van der Waals surface area (Å²) in [5.41, 5.74) is 1.98. The summed E-state index contributed by atoms with van der Waals surface area (Å²) in [6, 6.07) is 7.52. The fourth-order valence-corrected chi connectivity index (χ4v) is 4.79. The summed E-state index contributed by atoms with van der Waals surface area (Å²) in [7, 11) is 3.16. The van der Waals surface area contributed by atoms with E-state index in [0.717, 1.165) is 34.2 Å². The van der Waals surface area contributed by atoms with Crippen LogP contribution in [0.3, 0.4) is 0 Å². The number of cyclic esters (lactones) is 1. The Bertz CT molecular complexity index is 1340. The standard InChI is InChI=1S/C24H24N2O6/c1-5-12-7-14(30-3)8-13-9-15-20(25-19(12)13)18-10-17-16(21(27)26(18)22(15)31-4)11-32-23(28)24(17,29)6-2/h7-10,22,29H,5-6,11H2,1-4H3/t22?,24-/m0/s1. The van der Waals surface area contributed by atoms with Crippen molar-refractivity contribution in [3.63, 3.8) is 0 Å². The highest BCUT2D eigenvalue weighted by Gasteiger charge is 2.46. The average molecular weight is 436 g/mol. The highest BCUT2D eigenvalue weighted by molar-refractivity contribution is 5.89. The molecule has 1 unspecified atom stereocenters. The fourth-order valence-electron chi connectivity index (χ4n) is 4.79. The number of aromatic nitrogens is 2. The Balaban J connectivity index is 1.85. The fraction of sp³-hybridized carbons (Fsp3) is 0.375. The number of hydrogen-bond acceptors (Lipinski definition) is 7. The lowest BCUT2D eigenvalue weighted by molar-refractivity contribution is -0.172. The monoisotopic (exact) mass is 436 g/mol. The maximum Gasteiger partial charge on any atom is 0.343 e. The van der Waals surface area contributed by atoms with Crippen LogP contribution in [0, 0.1) is 0 Å². The van der Waals surface area contributed by atoms with Crippen LogP contribution in [0.1, 0.15) is 48.8 Å². The predicted molar refractivity (Wildman–Crippen MR) is 117 cm³/mol. The molecule has 8 nitrogen and oxygen atoms in total. The van der Waals surface area contributed by atoms with Gasteiger partial charge in [0.1, 0.15) is 12.4 Å². The van der Waals surface area contributed by atoms with Gasteiger partial charge in [0.2, 0.25) is 0 Å². The van der Waals surface area contributed by atoms with Crippen LogP contribution in [0.15, 0.2) is 29.1 Å².